The van der Waals surface area contributed by atoms with Crippen LogP contribution in [0.25, 0.3) is 10.8 Å². The zero-order chi connectivity index (χ0) is 18.7. The molecule has 5 heteroatoms. The van der Waals surface area contributed by atoms with Crippen LogP contribution in [-0.2, 0) is 10.0 Å². The quantitative estimate of drug-likeness (QED) is 0.653. The number of benzene rings is 3. The number of ether oxygens (including phenoxy) is 1. The van der Waals surface area contributed by atoms with Crippen LogP contribution in [0.1, 0.15) is 32.3 Å². The molecule has 3 aromatic rings. The Morgan fingerprint density at radius 3 is 2.27 bits per heavy atom. The summed E-state index contributed by atoms with van der Waals surface area (Å²) in [4.78, 5) is 0.245. The Hall–Kier alpha value is -2.53. The van der Waals surface area contributed by atoms with Crippen molar-refractivity contribution in [2.24, 2.45) is 0 Å². The van der Waals surface area contributed by atoms with Crippen LogP contribution in [-0.4, -0.2) is 15.0 Å². The van der Waals surface area contributed by atoms with E-state index in [0.29, 0.717) is 23.4 Å². The van der Waals surface area contributed by atoms with Gasteiger partial charge in [-0.15, -0.1) is 0 Å². The van der Waals surface area contributed by atoms with Crippen LogP contribution < -0.4 is 9.46 Å². The second-order valence-electron chi connectivity index (χ2n) is 6.39. The number of rotatable bonds is 6. The Morgan fingerprint density at radius 1 is 0.923 bits per heavy atom. The molecule has 0 radical (unpaired) electrons. The molecule has 0 saturated carbocycles. The van der Waals surface area contributed by atoms with Crippen LogP contribution in [0.2, 0.25) is 0 Å². The van der Waals surface area contributed by atoms with Gasteiger partial charge in [0, 0.05) is 10.8 Å². The van der Waals surface area contributed by atoms with Crippen molar-refractivity contribution >= 4 is 26.5 Å². The molecule has 0 saturated heterocycles. The average Bonchev–Trinajstić information content (AvgIpc) is 2.62. The van der Waals surface area contributed by atoms with E-state index in [1.54, 1.807) is 24.3 Å². The van der Waals surface area contributed by atoms with Crippen molar-refractivity contribution in [1.82, 2.24) is 0 Å². The Kier molecular flexibility index (Phi) is 5.18. The Labute approximate surface area is 154 Å². The first-order valence-corrected chi connectivity index (χ1v) is 10.2. The third-order valence-corrected chi connectivity index (χ3v) is 5.68. The van der Waals surface area contributed by atoms with Crippen LogP contribution in [0.4, 0.5) is 5.69 Å². The van der Waals surface area contributed by atoms with Crippen molar-refractivity contribution in [2.45, 2.75) is 31.6 Å². The van der Waals surface area contributed by atoms with Gasteiger partial charge in [0.15, 0.2) is 0 Å². The molecule has 0 bridgehead atoms. The molecular weight excluding hydrogens is 346 g/mol. The molecule has 136 valence electrons. The van der Waals surface area contributed by atoms with E-state index in [1.165, 1.54) is 0 Å². The number of fused-ring (bicyclic) bond motifs is 1. The van der Waals surface area contributed by atoms with Gasteiger partial charge >= 0.3 is 0 Å². The monoisotopic (exact) mass is 369 g/mol. The number of hydrogen-bond acceptors (Lipinski definition) is 3. The number of hydrogen-bond donors (Lipinski definition) is 1. The molecule has 0 amide bonds. The molecule has 0 aliphatic carbocycles. The van der Waals surface area contributed by atoms with Crippen molar-refractivity contribution in [3.63, 3.8) is 0 Å². The first-order valence-electron chi connectivity index (χ1n) is 8.70. The van der Waals surface area contributed by atoms with E-state index in [-0.39, 0.29) is 10.8 Å². The van der Waals surface area contributed by atoms with Crippen molar-refractivity contribution in [3.05, 3.63) is 66.2 Å². The molecule has 0 fully saturated rings. The second-order valence-corrected chi connectivity index (χ2v) is 8.04. The largest absolute Gasteiger partial charge is 0.493 e. The predicted octanol–water partition coefficient (Wildman–Crippen LogP) is 5.16. The van der Waals surface area contributed by atoms with Gasteiger partial charge in [-0.3, -0.25) is 4.72 Å². The number of nitrogens with one attached hydrogen (secondary N) is 1. The van der Waals surface area contributed by atoms with Gasteiger partial charge in [0.2, 0.25) is 0 Å². The molecule has 4 nitrogen and oxygen atoms in total. The van der Waals surface area contributed by atoms with Gasteiger partial charge in [-0.2, -0.15) is 0 Å². The Bertz CT molecular complexity index is 1030. The topological polar surface area (TPSA) is 55.4 Å². The zero-order valence-electron chi connectivity index (χ0n) is 15.2. The highest BCUT2D eigenvalue weighted by Crippen LogP contribution is 2.33. The molecule has 1 N–H and O–H groups in total. The summed E-state index contributed by atoms with van der Waals surface area (Å²) in [5.41, 5.74) is 1.58. The SMILES string of the molecule is CCOc1ccc(S(=O)(=O)Nc2ccccc2C(C)C)c2ccccc12. The van der Waals surface area contributed by atoms with Gasteiger partial charge in [-0.05, 0) is 36.6 Å². The molecule has 0 spiro atoms. The summed E-state index contributed by atoms with van der Waals surface area (Å²) in [7, 11) is -3.73. The fraction of sp³-hybridized carbons (Fsp3) is 0.238. The van der Waals surface area contributed by atoms with E-state index in [2.05, 4.69) is 4.72 Å². The van der Waals surface area contributed by atoms with Crippen molar-refractivity contribution in [1.29, 1.82) is 0 Å². The maximum Gasteiger partial charge on any atom is 0.262 e. The number of anilines is 1. The summed E-state index contributed by atoms with van der Waals surface area (Å²) < 4.78 is 34.6. The molecule has 0 aromatic heterocycles. The van der Waals surface area contributed by atoms with Crippen LogP contribution >= 0.6 is 0 Å². The average molecular weight is 369 g/mol. The van der Waals surface area contributed by atoms with Gasteiger partial charge in [0.25, 0.3) is 10.0 Å². The van der Waals surface area contributed by atoms with Gasteiger partial charge in [0.05, 0.1) is 17.2 Å². The first-order chi connectivity index (χ1) is 12.4. The van der Waals surface area contributed by atoms with E-state index in [0.717, 1.165) is 10.9 Å². The first kappa shape index (κ1) is 18.3. The molecule has 3 aromatic carbocycles. The summed E-state index contributed by atoms with van der Waals surface area (Å²) in [5, 5.41) is 1.43. The van der Waals surface area contributed by atoms with Crippen LogP contribution in [0.3, 0.4) is 0 Å². The highest BCUT2D eigenvalue weighted by atomic mass is 32.2. The molecule has 0 heterocycles. The molecule has 0 unspecified atom stereocenters. The minimum Gasteiger partial charge on any atom is -0.493 e. The Balaban J connectivity index is 2.10. The lowest BCUT2D eigenvalue weighted by Crippen LogP contribution is -2.15. The smallest absolute Gasteiger partial charge is 0.262 e. The van der Waals surface area contributed by atoms with E-state index >= 15 is 0 Å². The van der Waals surface area contributed by atoms with E-state index in [9.17, 15) is 8.42 Å². The zero-order valence-corrected chi connectivity index (χ0v) is 16.0. The summed E-state index contributed by atoms with van der Waals surface area (Å²) >= 11 is 0. The maximum absolute atomic E-state index is 13.1. The van der Waals surface area contributed by atoms with E-state index in [1.807, 2.05) is 57.2 Å². The molecule has 0 aliphatic rings. The van der Waals surface area contributed by atoms with Gasteiger partial charge in [-0.1, -0.05) is 56.3 Å². The Morgan fingerprint density at radius 2 is 1.58 bits per heavy atom. The maximum atomic E-state index is 13.1. The standard InChI is InChI=1S/C21H23NO3S/c1-4-25-20-13-14-21(18-11-6-5-10-17(18)20)26(23,24)22-19-12-8-7-9-16(19)15(2)3/h5-15,22H,4H2,1-3H3. The normalized spacial score (nSPS) is 11.7. The van der Waals surface area contributed by atoms with Gasteiger partial charge in [-0.25, -0.2) is 8.42 Å². The van der Waals surface area contributed by atoms with Crippen LogP contribution in [0.15, 0.2) is 65.6 Å². The summed E-state index contributed by atoms with van der Waals surface area (Å²) in [6, 6.07) is 18.2. The highest BCUT2D eigenvalue weighted by Gasteiger charge is 2.20. The minimum atomic E-state index is -3.73. The van der Waals surface area contributed by atoms with Crippen molar-refractivity contribution in [2.75, 3.05) is 11.3 Å². The van der Waals surface area contributed by atoms with Crippen LogP contribution in [0.5, 0.6) is 5.75 Å². The molecule has 26 heavy (non-hydrogen) atoms. The van der Waals surface area contributed by atoms with Gasteiger partial charge in [0.1, 0.15) is 5.75 Å². The number of sulfonamides is 1. The summed E-state index contributed by atoms with van der Waals surface area (Å²) in [6.45, 7) is 6.51. The summed E-state index contributed by atoms with van der Waals surface area (Å²) in [5.74, 6) is 0.899. The van der Waals surface area contributed by atoms with Crippen LogP contribution in [0, 0.1) is 0 Å². The third-order valence-electron chi connectivity index (χ3n) is 4.26. The molecule has 0 atom stereocenters. The van der Waals surface area contributed by atoms with Crippen molar-refractivity contribution in [3.8, 4) is 5.75 Å². The highest BCUT2D eigenvalue weighted by molar-refractivity contribution is 7.93. The van der Waals surface area contributed by atoms with E-state index in [4.69, 9.17) is 4.74 Å². The lowest BCUT2D eigenvalue weighted by molar-refractivity contribution is 0.344. The third kappa shape index (κ3) is 3.53. The molecule has 3 rings (SSSR count). The van der Waals surface area contributed by atoms with E-state index < -0.39 is 10.0 Å². The lowest BCUT2D eigenvalue weighted by atomic mass is 10.0. The number of para-hydroxylation sites is 1. The lowest BCUT2D eigenvalue weighted by Gasteiger charge is -2.16. The fourth-order valence-electron chi connectivity index (χ4n) is 3.05. The minimum absolute atomic E-state index is 0.214. The molecule has 0 aliphatic heterocycles. The van der Waals surface area contributed by atoms with Crippen molar-refractivity contribution < 1.29 is 13.2 Å². The van der Waals surface area contributed by atoms with Gasteiger partial charge < -0.3 is 4.74 Å². The predicted molar refractivity (Wildman–Crippen MR) is 106 cm³/mol. The second kappa shape index (κ2) is 7.38. The fourth-order valence-corrected chi connectivity index (χ4v) is 4.35. The summed E-state index contributed by atoms with van der Waals surface area (Å²) in [6.07, 6.45) is 0. The molecular formula is C21H23NO3S.